The summed E-state index contributed by atoms with van der Waals surface area (Å²) in [5.41, 5.74) is 6.98. The molecule has 20 heavy (non-hydrogen) atoms. The Balaban J connectivity index is 2.00. The highest BCUT2D eigenvalue weighted by molar-refractivity contribution is 7.85. The lowest BCUT2D eigenvalue weighted by molar-refractivity contribution is 0.414. The minimum absolute atomic E-state index is 0.234. The van der Waals surface area contributed by atoms with Crippen molar-refractivity contribution in [2.45, 2.75) is 11.3 Å². The number of benzene rings is 2. The van der Waals surface area contributed by atoms with Crippen LogP contribution < -0.4 is 10.5 Å². The highest BCUT2D eigenvalue weighted by atomic mass is 32.2. The molecule has 3 nitrogen and oxygen atoms in total. The number of rotatable bonds is 5. The molecule has 2 aromatic rings. The van der Waals surface area contributed by atoms with Gasteiger partial charge in [-0.25, -0.2) is 4.39 Å². The van der Waals surface area contributed by atoms with Gasteiger partial charge in [0.15, 0.2) is 0 Å². The van der Waals surface area contributed by atoms with E-state index in [4.69, 9.17) is 10.5 Å². The summed E-state index contributed by atoms with van der Waals surface area (Å²) in [7, 11) is 0.379. The Bertz CT molecular complexity index is 614. The van der Waals surface area contributed by atoms with E-state index in [-0.39, 0.29) is 5.69 Å². The van der Waals surface area contributed by atoms with Crippen molar-refractivity contribution in [1.29, 1.82) is 0 Å². The van der Waals surface area contributed by atoms with Gasteiger partial charge in [-0.2, -0.15) is 0 Å². The Morgan fingerprint density at radius 2 is 1.90 bits per heavy atom. The zero-order chi connectivity index (χ0) is 14.5. The summed E-state index contributed by atoms with van der Waals surface area (Å²) < 4.78 is 30.2. The predicted molar refractivity (Wildman–Crippen MR) is 78.8 cm³/mol. The van der Waals surface area contributed by atoms with Gasteiger partial charge in [0.05, 0.1) is 28.5 Å². The van der Waals surface area contributed by atoms with Crippen LogP contribution in [0.1, 0.15) is 5.56 Å². The van der Waals surface area contributed by atoms with Crippen LogP contribution >= 0.6 is 0 Å². The summed E-state index contributed by atoms with van der Waals surface area (Å²) in [6.45, 7) is 0. The molecule has 1 atom stereocenters. The summed E-state index contributed by atoms with van der Waals surface area (Å²) in [4.78, 5) is 0.486. The second-order valence-corrected chi connectivity index (χ2v) is 5.87. The van der Waals surface area contributed by atoms with Gasteiger partial charge < -0.3 is 10.5 Å². The fraction of sp³-hybridized carbons (Fsp3) is 0.200. The molecule has 0 aliphatic carbocycles. The molecule has 0 radical (unpaired) electrons. The molecule has 1 unspecified atom stereocenters. The fourth-order valence-electron chi connectivity index (χ4n) is 1.84. The molecule has 0 bridgehead atoms. The molecule has 0 fully saturated rings. The van der Waals surface area contributed by atoms with E-state index in [1.54, 1.807) is 7.11 Å². The molecule has 2 rings (SSSR count). The first-order valence-corrected chi connectivity index (χ1v) is 7.48. The molecule has 0 spiro atoms. The Morgan fingerprint density at radius 1 is 1.20 bits per heavy atom. The van der Waals surface area contributed by atoms with E-state index in [1.165, 1.54) is 18.2 Å². The maximum absolute atomic E-state index is 12.9. The van der Waals surface area contributed by atoms with Crippen molar-refractivity contribution in [1.82, 2.24) is 0 Å². The van der Waals surface area contributed by atoms with E-state index in [1.807, 2.05) is 24.3 Å². The summed E-state index contributed by atoms with van der Waals surface area (Å²) in [6, 6.07) is 11.6. The van der Waals surface area contributed by atoms with Crippen LogP contribution in [0.3, 0.4) is 0 Å². The number of ether oxygens (including phenoxy) is 1. The van der Waals surface area contributed by atoms with E-state index in [9.17, 15) is 8.60 Å². The second-order valence-electron chi connectivity index (χ2n) is 4.33. The van der Waals surface area contributed by atoms with Gasteiger partial charge in [0.1, 0.15) is 11.6 Å². The molecule has 2 N–H and O–H groups in total. The van der Waals surface area contributed by atoms with Crippen molar-refractivity contribution in [2.75, 3.05) is 18.6 Å². The first kappa shape index (κ1) is 14.5. The van der Waals surface area contributed by atoms with Crippen molar-refractivity contribution in [3.05, 3.63) is 53.8 Å². The van der Waals surface area contributed by atoms with Crippen LogP contribution in [0.5, 0.6) is 5.75 Å². The lowest BCUT2D eigenvalue weighted by Crippen LogP contribution is -2.05. The standard InChI is InChI=1S/C15H16FNO2S/c1-19-13-5-2-11(3-6-13)8-9-20(18)15-7-4-12(16)10-14(15)17/h2-7,10H,8-9,17H2,1H3. The monoisotopic (exact) mass is 293 g/mol. The van der Waals surface area contributed by atoms with Crippen LogP contribution in [0, 0.1) is 5.82 Å². The number of nitrogens with two attached hydrogens (primary N) is 1. The summed E-state index contributed by atoms with van der Waals surface area (Å²) in [6.07, 6.45) is 0.660. The van der Waals surface area contributed by atoms with Crippen LogP contribution in [-0.4, -0.2) is 17.1 Å². The van der Waals surface area contributed by atoms with E-state index >= 15 is 0 Å². The van der Waals surface area contributed by atoms with Crippen LogP contribution in [0.2, 0.25) is 0 Å². The molecule has 0 saturated heterocycles. The zero-order valence-corrected chi connectivity index (χ0v) is 12.0. The van der Waals surface area contributed by atoms with E-state index in [0.717, 1.165) is 11.3 Å². The van der Waals surface area contributed by atoms with Gasteiger partial charge in [0.25, 0.3) is 0 Å². The SMILES string of the molecule is COc1ccc(CCS(=O)c2ccc(F)cc2N)cc1. The zero-order valence-electron chi connectivity index (χ0n) is 11.1. The first-order chi connectivity index (χ1) is 9.60. The Kier molecular flexibility index (Phi) is 4.74. The molecule has 0 saturated carbocycles. The Labute approximate surface area is 120 Å². The lowest BCUT2D eigenvalue weighted by atomic mass is 10.2. The quantitative estimate of drug-likeness (QED) is 0.862. The second kappa shape index (κ2) is 6.52. The minimum atomic E-state index is -1.23. The lowest BCUT2D eigenvalue weighted by Gasteiger charge is -2.06. The van der Waals surface area contributed by atoms with Crippen molar-refractivity contribution in [2.24, 2.45) is 0 Å². The molecule has 0 heterocycles. The van der Waals surface area contributed by atoms with Gasteiger partial charge in [-0.1, -0.05) is 12.1 Å². The summed E-state index contributed by atoms with van der Waals surface area (Å²) in [5, 5.41) is 0. The molecule has 0 aliphatic rings. The van der Waals surface area contributed by atoms with Crippen molar-refractivity contribution >= 4 is 16.5 Å². The highest BCUT2D eigenvalue weighted by Crippen LogP contribution is 2.19. The van der Waals surface area contributed by atoms with Gasteiger partial charge in [0, 0.05) is 5.75 Å². The van der Waals surface area contributed by atoms with Crippen molar-refractivity contribution < 1.29 is 13.3 Å². The van der Waals surface area contributed by atoms with Gasteiger partial charge >= 0.3 is 0 Å². The molecule has 0 aromatic heterocycles. The number of aryl methyl sites for hydroxylation is 1. The normalized spacial score (nSPS) is 12.1. The van der Waals surface area contributed by atoms with Crippen LogP contribution in [-0.2, 0) is 17.2 Å². The third-order valence-electron chi connectivity index (χ3n) is 2.95. The molecular weight excluding hydrogens is 277 g/mol. The highest BCUT2D eigenvalue weighted by Gasteiger charge is 2.09. The average molecular weight is 293 g/mol. The predicted octanol–water partition coefficient (Wildman–Crippen LogP) is 2.77. The third-order valence-corrected chi connectivity index (χ3v) is 4.39. The van der Waals surface area contributed by atoms with Crippen LogP contribution in [0.15, 0.2) is 47.4 Å². The molecule has 5 heteroatoms. The van der Waals surface area contributed by atoms with Gasteiger partial charge in [0.2, 0.25) is 0 Å². The summed E-state index contributed by atoms with van der Waals surface area (Å²) >= 11 is 0. The minimum Gasteiger partial charge on any atom is -0.497 e. The molecule has 0 amide bonds. The number of nitrogen functional groups attached to an aromatic ring is 1. The Morgan fingerprint density at radius 3 is 2.50 bits per heavy atom. The number of hydrogen-bond donors (Lipinski definition) is 1. The van der Waals surface area contributed by atoms with Crippen molar-refractivity contribution in [3.8, 4) is 5.75 Å². The van der Waals surface area contributed by atoms with Gasteiger partial charge in [-0.3, -0.25) is 4.21 Å². The number of hydrogen-bond acceptors (Lipinski definition) is 3. The maximum Gasteiger partial charge on any atom is 0.125 e. The largest absolute Gasteiger partial charge is 0.497 e. The first-order valence-electron chi connectivity index (χ1n) is 6.16. The smallest absolute Gasteiger partial charge is 0.125 e. The maximum atomic E-state index is 12.9. The van der Waals surface area contributed by atoms with Gasteiger partial charge in [-0.15, -0.1) is 0 Å². The van der Waals surface area contributed by atoms with E-state index in [2.05, 4.69) is 0 Å². The fourth-order valence-corrected chi connectivity index (χ4v) is 3.02. The van der Waals surface area contributed by atoms with Crippen molar-refractivity contribution in [3.63, 3.8) is 0 Å². The number of halogens is 1. The average Bonchev–Trinajstić information content (AvgIpc) is 2.45. The van der Waals surface area contributed by atoms with Gasteiger partial charge in [-0.05, 0) is 42.3 Å². The van der Waals surface area contributed by atoms with Crippen LogP contribution in [0.25, 0.3) is 0 Å². The Hall–Kier alpha value is -1.88. The molecule has 106 valence electrons. The number of methoxy groups -OCH3 is 1. The summed E-state index contributed by atoms with van der Waals surface area (Å²) in [5.74, 6) is 0.818. The van der Waals surface area contributed by atoms with Crippen LogP contribution in [0.4, 0.5) is 10.1 Å². The third kappa shape index (κ3) is 3.57. The van der Waals surface area contributed by atoms with E-state index < -0.39 is 16.6 Å². The topological polar surface area (TPSA) is 52.3 Å². The molecule has 2 aromatic carbocycles. The van der Waals surface area contributed by atoms with E-state index in [0.29, 0.717) is 17.1 Å². The molecule has 0 aliphatic heterocycles. The molecular formula is C15H16FNO2S. The number of anilines is 1.